The molecule has 0 bridgehead atoms. The summed E-state index contributed by atoms with van der Waals surface area (Å²) in [6, 6.07) is 14.3. The summed E-state index contributed by atoms with van der Waals surface area (Å²) in [5.74, 6) is 0.637. The van der Waals surface area contributed by atoms with Gasteiger partial charge in [0.25, 0.3) is 5.91 Å². The first-order valence-electron chi connectivity index (χ1n) is 9.42. The number of hydrogen-bond donors (Lipinski definition) is 1. The molecule has 0 spiro atoms. The van der Waals surface area contributed by atoms with E-state index < -0.39 is 0 Å². The number of hydrogen-bond acceptors (Lipinski definition) is 3. The van der Waals surface area contributed by atoms with Crippen LogP contribution in [-0.4, -0.2) is 23.9 Å². The minimum absolute atomic E-state index is 0.0774. The van der Waals surface area contributed by atoms with E-state index in [0.29, 0.717) is 17.9 Å². The van der Waals surface area contributed by atoms with Crippen LogP contribution in [0, 0.1) is 0 Å². The van der Waals surface area contributed by atoms with Crippen LogP contribution < -0.4 is 5.32 Å². The summed E-state index contributed by atoms with van der Waals surface area (Å²) < 4.78 is 5.98. The summed E-state index contributed by atoms with van der Waals surface area (Å²) in [7, 11) is 0. The largest absolute Gasteiger partial charge is 0.487 e. The van der Waals surface area contributed by atoms with Gasteiger partial charge in [0.05, 0.1) is 5.57 Å². The number of likely N-dealkylation sites (tertiary alicyclic amines) is 1. The number of nitrogens with zero attached hydrogens (tertiary/aromatic N) is 1. The average molecular weight is 346 g/mol. The fourth-order valence-electron chi connectivity index (χ4n) is 4.24. The Balaban J connectivity index is 1.48. The highest BCUT2D eigenvalue weighted by Gasteiger charge is 2.32. The van der Waals surface area contributed by atoms with Gasteiger partial charge >= 0.3 is 0 Å². The maximum absolute atomic E-state index is 12.5. The Bertz CT molecular complexity index is 910. The van der Waals surface area contributed by atoms with Gasteiger partial charge in [0.15, 0.2) is 0 Å². The van der Waals surface area contributed by atoms with Crippen molar-refractivity contribution in [2.75, 3.05) is 18.4 Å². The lowest BCUT2D eigenvalue weighted by Crippen LogP contribution is -2.29. The second kappa shape index (κ2) is 6.29. The van der Waals surface area contributed by atoms with Crippen molar-refractivity contribution < 1.29 is 9.53 Å². The molecule has 1 amide bonds. The molecule has 0 aromatic heterocycles. The first-order valence-corrected chi connectivity index (χ1v) is 9.42. The molecule has 3 heterocycles. The molecular formula is C22H22N2O2. The fourth-order valence-corrected chi connectivity index (χ4v) is 4.24. The lowest BCUT2D eigenvalue weighted by molar-refractivity contribution is -0.110. The van der Waals surface area contributed by atoms with Crippen LogP contribution in [-0.2, 0) is 22.7 Å². The van der Waals surface area contributed by atoms with Crippen molar-refractivity contribution in [2.45, 2.75) is 32.4 Å². The maximum atomic E-state index is 12.5. The van der Waals surface area contributed by atoms with Gasteiger partial charge in [-0.2, -0.15) is 0 Å². The molecule has 0 radical (unpaired) electrons. The number of carbonyl (C=O) groups is 1. The van der Waals surface area contributed by atoms with Crippen molar-refractivity contribution in [3.63, 3.8) is 0 Å². The Morgan fingerprint density at radius 2 is 1.85 bits per heavy atom. The molecule has 3 aliphatic heterocycles. The maximum Gasteiger partial charge on any atom is 0.260 e. The molecule has 0 unspecified atom stereocenters. The minimum atomic E-state index is -0.0774. The van der Waals surface area contributed by atoms with Gasteiger partial charge in [-0.1, -0.05) is 42.8 Å². The molecule has 1 fully saturated rings. The summed E-state index contributed by atoms with van der Waals surface area (Å²) >= 11 is 0. The van der Waals surface area contributed by atoms with Gasteiger partial charge in [-0.25, -0.2) is 0 Å². The molecule has 4 nitrogen and oxygen atoms in total. The molecular weight excluding hydrogens is 324 g/mol. The van der Waals surface area contributed by atoms with E-state index in [1.807, 2.05) is 24.3 Å². The highest BCUT2D eigenvalue weighted by Crippen LogP contribution is 2.41. The Labute approximate surface area is 153 Å². The molecule has 4 heteroatoms. The third kappa shape index (κ3) is 2.61. The predicted molar refractivity (Wildman–Crippen MR) is 102 cm³/mol. The van der Waals surface area contributed by atoms with E-state index in [9.17, 15) is 4.79 Å². The minimum Gasteiger partial charge on any atom is -0.487 e. The number of anilines is 1. The van der Waals surface area contributed by atoms with Crippen molar-refractivity contribution >= 4 is 22.9 Å². The number of benzene rings is 2. The van der Waals surface area contributed by atoms with E-state index in [1.165, 1.54) is 43.5 Å². The van der Waals surface area contributed by atoms with Gasteiger partial charge < -0.3 is 10.1 Å². The second-order valence-corrected chi connectivity index (χ2v) is 7.32. The standard InChI is InChI=1S/C22H22N2O2/c25-22-20(18-6-2-3-7-19(18)23-22)21-17-9-8-15(12-16(17)14-26-21)13-24-10-4-1-5-11-24/h2-3,6-9,12H,1,4-5,10-11,13-14H2,(H,23,25). The fraction of sp³-hybridized carbons (Fsp3) is 0.318. The van der Waals surface area contributed by atoms with Gasteiger partial charge in [0, 0.05) is 28.9 Å². The molecule has 26 heavy (non-hydrogen) atoms. The number of ether oxygens (including phenoxy) is 1. The first kappa shape index (κ1) is 15.6. The SMILES string of the molecule is O=C1Nc2ccccc2C1=C1OCc2cc(CN3CCCCC3)ccc21. The smallest absolute Gasteiger partial charge is 0.260 e. The van der Waals surface area contributed by atoms with Crippen LogP contribution in [0.3, 0.4) is 0 Å². The lowest BCUT2D eigenvalue weighted by Gasteiger charge is -2.26. The highest BCUT2D eigenvalue weighted by atomic mass is 16.5. The quantitative estimate of drug-likeness (QED) is 0.835. The zero-order chi connectivity index (χ0) is 17.5. The molecule has 3 aliphatic rings. The van der Waals surface area contributed by atoms with Gasteiger partial charge in [0.1, 0.15) is 12.4 Å². The molecule has 1 saturated heterocycles. The van der Waals surface area contributed by atoms with Crippen LogP contribution in [0.15, 0.2) is 42.5 Å². The van der Waals surface area contributed by atoms with Crippen LogP contribution in [0.1, 0.15) is 41.5 Å². The summed E-state index contributed by atoms with van der Waals surface area (Å²) in [6.45, 7) is 3.93. The number of nitrogens with one attached hydrogen (secondary N) is 1. The molecule has 5 rings (SSSR count). The third-order valence-corrected chi connectivity index (χ3v) is 5.54. The monoisotopic (exact) mass is 346 g/mol. The zero-order valence-corrected chi connectivity index (χ0v) is 14.8. The Morgan fingerprint density at radius 1 is 1.00 bits per heavy atom. The number of carbonyl (C=O) groups excluding carboxylic acids is 1. The lowest BCUT2D eigenvalue weighted by atomic mass is 9.99. The van der Waals surface area contributed by atoms with Crippen molar-refractivity contribution in [3.8, 4) is 0 Å². The van der Waals surface area contributed by atoms with E-state index >= 15 is 0 Å². The topological polar surface area (TPSA) is 41.6 Å². The number of piperidine rings is 1. The van der Waals surface area contributed by atoms with Gasteiger partial charge in [-0.15, -0.1) is 0 Å². The highest BCUT2D eigenvalue weighted by molar-refractivity contribution is 6.36. The third-order valence-electron chi connectivity index (χ3n) is 5.54. The van der Waals surface area contributed by atoms with E-state index in [-0.39, 0.29) is 5.91 Å². The second-order valence-electron chi connectivity index (χ2n) is 7.32. The van der Waals surface area contributed by atoms with Crippen LogP contribution in [0.4, 0.5) is 5.69 Å². The number of amides is 1. The van der Waals surface area contributed by atoms with Gasteiger partial charge in [-0.3, -0.25) is 9.69 Å². The van der Waals surface area contributed by atoms with Crippen LogP contribution in [0.2, 0.25) is 0 Å². The van der Waals surface area contributed by atoms with Gasteiger partial charge in [-0.05, 0) is 37.6 Å². The van der Waals surface area contributed by atoms with E-state index in [4.69, 9.17) is 4.74 Å². The summed E-state index contributed by atoms with van der Waals surface area (Å²) in [4.78, 5) is 15.0. The molecule has 0 atom stereocenters. The Morgan fingerprint density at radius 3 is 2.73 bits per heavy atom. The molecule has 1 N–H and O–H groups in total. The summed E-state index contributed by atoms with van der Waals surface area (Å²) in [5.41, 5.74) is 6.00. The first-order chi connectivity index (χ1) is 12.8. The molecule has 0 saturated carbocycles. The Hall–Kier alpha value is -2.59. The Kier molecular flexibility index (Phi) is 3.79. The molecule has 2 aromatic rings. The number of para-hydroxylation sites is 1. The number of fused-ring (bicyclic) bond motifs is 2. The molecule has 132 valence electrons. The zero-order valence-electron chi connectivity index (χ0n) is 14.8. The van der Waals surface area contributed by atoms with E-state index in [1.54, 1.807) is 0 Å². The van der Waals surface area contributed by atoms with Crippen molar-refractivity contribution in [1.82, 2.24) is 4.90 Å². The van der Waals surface area contributed by atoms with E-state index in [0.717, 1.165) is 23.4 Å². The van der Waals surface area contributed by atoms with Crippen LogP contribution in [0.25, 0.3) is 11.3 Å². The summed E-state index contributed by atoms with van der Waals surface area (Å²) in [5, 5.41) is 2.94. The van der Waals surface area contributed by atoms with Crippen molar-refractivity contribution in [3.05, 3.63) is 64.7 Å². The van der Waals surface area contributed by atoms with E-state index in [2.05, 4.69) is 28.4 Å². The van der Waals surface area contributed by atoms with Crippen LogP contribution in [0.5, 0.6) is 0 Å². The number of rotatable bonds is 2. The molecule has 2 aromatic carbocycles. The molecule has 0 aliphatic carbocycles. The van der Waals surface area contributed by atoms with Crippen LogP contribution >= 0.6 is 0 Å². The van der Waals surface area contributed by atoms with Crippen molar-refractivity contribution in [2.24, 2.45) is 0 Å². The normalized spacial score (nSPS) is 21.9. The average Bonchev–Trinajstić information content (AvgIpc) is 3.21. The predicted octanol–water partition coefficient (Wildman–Crippen LogP) is 4.02. The van der Waals surface area contributed by atoms with Gasteiger partial charge in [0.2, 0.25) is 0 Å². The van der Waals surface area contributed by atoms with Crippen molar-refractivity contribution in [1.29, 1.82) is 0 Å². The summed E-state index contributed by atoms with van der Waals surface area (Å²) in [6.07, 6.45) is 3.96.